The molecule has 0 amide bonds. The number of carbonyl (C=O) groups is 1. The van der Waals surface area contributed by atoms with E-state index >= 15 is 0 Å². The van der Waals surface area contributed by atoms with Gasteiger partial charge in [-0.05, 0) is 39.1 Å². The Kier molecular flexibility index (Phi) is 5.78. The van der Waals surface area contributed by atoms with Gasteiger partial charge in [0.15, 0.2) is 16.3 Å². The van der Waals surface area contributed by atoms with Crippen LogP contribution in [0, 0.1) is 4.77 Å². The van der Waals surface area contributed by atoms with Crippen molar-refractivity contribution in [2.75, 3.05) is 25.3 Å². The number of methoxy groups -OCH3 is 2. The molecule has 8 nitrogen and oxygen atoms in total. The monoisotopic (exact) mass is 416 g/mol. The first-order valence-corrected chi connectivity index (χ1v) is 9.48. The number of fused-ring (bicyclic) bond motifs is 1. The number of nitrogen functional groups attached to an aromatic ring is 1. The van der Waals surface area contributed by atoms with Gasteiger partial charge in [-0.3, -0.25) is 0 Å². The first-order valence-electron chi connectivity index (χ1n) is 9.07. The molecule has 9 heteroatoms. The molecule has 1 aromatic heterocycles. The fraction of sp³-hybridized carbons (Fsp3) is 0.350. The molecule has 1 unspecified atom stereocenters. The maximum atomic E-state index is 13.1. The third kappa shape index (κ3) is 3.77. The van der Waals surface area contributed by atoms with Gasteiger partial charge in [-0.1, -0.05) is 12.1 Å². The summed E-state index contributed by atoms with van der Waals surface area (Å²) in [6, 6.07) is 5.47. The number of nitrogens with one attached hydrogen (secondary N) is 2. The summed E-state index contributed by atoms with van der Waals surface area (Å²) in [5, 5.41) is 3.14. The van der Waals surface area contributed by atoms with E-state index in [0.717, 1.165) is 0 Å². The predicted molar refractivity (Wildman–Crippen MR) is 113 cm³/mol. The lowest BCUT2D eigenvalue weighted by Gasteiger charge is -2.31. The second kappa shape index (κ2) is 8.12. The van der Waals surface area contributed by atoms with Gasteiger partial charge in [-0.25, -0.2) is 9.78 Å². The van der Waals surface area contributed by atoms with E-state index in [0.29, 0.717) is 45.5 Å². The number of esters is 1. The van der Waals surface area contributed by atoms with E-state index in [-0.39, 0.29) is 10.9 Å². The number of rotatable bonds is 5. The van der Waals surface area contributed by atoms with Crippen molar-refractivity contribution in [1.29, 1.82) is 0 Å². The van der Waals surface area contributed by atoms with Crippen molar-refractivity contribution in [2.45, 2.75) is 32.8 Å². The van der Waals surface area contributed by atoms with Crippen LogP contribution >= 0.6 is 12.2 Å². The van der Waals surface area contributed by atoms with Crippen LogP contribution in [0.2, 0.25) is 0 Å². The standard InChI is InChI=1S/C20H24N4O4S/c1-9(2)28-19(25)13-10(3)22-18-15(17(21)23-20(29)24-18)14(13)11-7-6-8-12(26-4)16(11)27-5/h6-9,14H,1-5H3,(H4,21,22,23,24,29). The summed E-state index contributed by atoms with van der Waals surface area (Å²) in [6.45, 7) is 5.38. The minimum absolute atomic E-state index is 0.242. The van der Waals surface area contributed by atoms with Gasteiger partial charge in [-0.15, -0.1) is 0 Å². The van der Waals surface area contributed by atoms with Gasteiger partial charge in [0.05, 0.1) is 31.8 Å². The summed E-state index contributed by atoms with van der Waals surface area (Å²) in [5.41, 5.74) is 8.60. The molecule has 0 bridgehead atoms. The zero-order valence-corrected chi connectivity index (χ0v) is 17.8. The van der Waals surface area contributed by atoms with E-state index < -0.39 is 11.9 Å². The van der Waals surface area contributed by atoms with Crippen LogP contribution in [0.15, 0.2) is 29.5 Å². The Hall–Kier alpha value is -3.07. The predicted octanol–water partition coefficient (Wildman–Crippen LogP) is 3.52. The molecule has 0 aliphatic carbocycles. The molecule has 29 heavy (non-hydrogen) atoms. The van der Waals surface area contributed by atoms with Gasteiger partial charge in [0.1, 0.15) is 11.6 Å². The lowest BCUT2D eigenvalue weighted by atomic mass is 9.81. The number of para-hydroxylation sites is 1. The molecule has 154 valence electrons. The molecule has 0 saturated heterocycles. The molecule has 2 heterocycles. The highest BCUT2D eigenvalue weighted by atomic mass is 32.1. The maximum Gasteiger partial charge on any atom is 0.337 e. The highest BCUT2D eigenvalue weighted by Crippen LogP contribution is 2.48. The number of carbonyl (C=O) groups excluding carboxylic acids is 1. The summed E-state index contributed by atoms with van der Waals surface area (Å²) in [4.78, 5) is 20.3. The Morgan fingerprint density at radius 2 is 2.00 bits per heavy atom. The molecule has 0 spiro atoms. The number of allylic oxidation sites excluding steroid dienone is 1. The molecule has 1 aromatic carbocycles. The molecule has 0 fully saturated rings. The topological polar surface area (TPSA) is 111 Å². The van der Waals surface area contributed by atoms with Crippen molar-refractivity contribution in [3.05, 3.63) is 45.4 Å². The quantitative estimate of drug-likeness (QED) is 0.501. The minimum Gasteiger partial charge on any atom is -0.493 e. The lowest BCUT2D eigenvalue weighted by Crippen LogP contribution is -2.28. The Labute approximate surface area is 174 Å². The summed E-state index contributed by atoms with van der Waals surface area (Å²) >= 11 is 5.17. The average molecular weight is 417 g/mol. The van der Waals surface area contributed by atoms with Gasteiger partial charge in [0.2, 0.25) is 0 Å². The number of ether oxygens (including phenoxy) is 3. The van der Waals surface area contributed by atoms with Crippen molar-refractivity contribution in [2.24, 2.45) is 0 Å². The van der Waals surface area contributed by atoms with Crippen molar-refractivity contribution in [3.8, 4) is 11.5 Å². The van der Waals surface area contributed by atoms with Crippen LogP contribution in [-0.4, -0.2) is 36.3 Å². The van der Waals surface area contributed by atoms with E-state index in [9.17, 15) is 4.79 Å². The maximum absolute atomic E-state index is 13.1. The van der Waals surface area contributed by atoms with Gasteiger partial charge in [0, 0.05) is 16.8 Å². The second-order valence-electron chi connectivity index (χ2n) is 6.85. The van der Waals surface area contributed by atoms with Crippen molar-refractivity contribution in [1.82, 2.24) is 9.97 Å². The highest BCUT2D eigenvalue weighted by molar-refractivity contribution is 7.71. The fourth-order valence-electron chi connectivity index (χ4n) is 3.49. The van der Waals surface area contributed by atoms with E-state index in [1.165, 1.54) is 0 Å². The normalized spacial score (nSPS) is 15.6. The van der Waals surface area contributed by atoms with Crippen LogP contribution < -0.4 is 20.5 Å². The summed E-state index contributed by atoms with van der Waals surface area (Å²) in [6.07, 6.45) is -0.283. The zero-order chi connectivity index (χ0) is 21.3. The number of hydrogen-bond donors (Lipinski definition) is 3. The smallest absolute Gasteiger partial charge is 0.337 e. The lowest BCUT2D eigenvalue weighted by molar-refractivity contribution is -0.142. The average Bonchev–Trinajstić information content (AvgIpc) is 2.65. The highest BCUT2D eigenvalue weighted by Gasteiger charge is 2.38. The molecule has 3 rings (SSSR count). The Bertz CT molecular complexity index is 1050. The molecule has 0 radical (unpaired) electrons. The van der Waals surface area contributed by atoms with E-state index in [2.05, 4.69) is 15.3 Å². The van der Waals surface area contributed by atoms with E-state index in [4.69, 9.17) is 32.2 Å². The molecule has 1 aliphatic heterocycles. The van der Waals surface area contributed by atoms with Crippen LogP contribution in [0.4, 0.5) is 11.6 Å². The molecular formula is C20H24N4O4S. The number of hydrogen-bond acceptors (Lipinski definition) is 8. The van der Waals surface area contributed by atoms with Crippen LogP contribution in [-0.2, 0) is 9.53 Å². The third-order valence-corrected chi connectivity index (χ3v) is 4.79. The van der Waals surface area contributed by atoms with E-state index in [1.54, 1.807) is 41.1 Å². The first-order chi connectivity index (χ1) is 13.8. The number of aromatic amines is 1. The molecule has 0 saturated carbocycles. The van der Waals surface area contributed by atoms with Crippen LogP contribution in [0.1, 0.15) is 37.8 Å². The molecule has 4 N–H and O–H groups in total. The Morgan fingerprint density at radius 1 is 1.28 bits per heavy atom. The number of anilines is 2. The summed E-state index contributed by atoms with van der Waals surface area (Å²) in [5.74, 6) is 0.783. The number of aromatic nitrogens is 2. The van der Waals surface area contributed by atoms with Crippen LogP contribution in [0.25, 0.3) is 0 Å². The Morgan fingerprint density at radius 3 is 2.62 bits per heavy atom. The number of benzene rings is 1. The molecule has 2 aromatic rings. The van der Waals surface area contributed by atoms with Crippen LogP contribution in [0.5, 0.6) is 11.5 Å². The number of nitrogens with two attached hydrogens (primary N) is 1. The van der Waals surface area contributed by atoms with Crippen molar-refractivity contribution >= 4 is 29.8 Å². The zero-order valence-electron chi connectivity index (χ0n) is 17.0. The summed E-state index contributed by atoms with van der Waals surface area (Å²) in [7, 11) is 3.10. The van der Waals surface area contributed by atoms with Crippen LogP contribution in [0.3, 0.4) is 0 Å². The first kappa shape index (κ1) is 20.7. The second-order valence-corrected chi connectivity index (χ2v) is 7.24. The van der Waals surface area contributed by atoms with Gasteiger partial charge in [-0.2, -0.15) is 0 Å². The van der Waals surface area contributed by atoms with E-state index in [1.807, 2.05) is 12.1 Å². The molecule has 1 atom stereocenters. The molecular weight excluding hydrogens is 392 g/mol. The third-order valence-electron chi connectivity index (χ3n) is 4.59. The number of H-pyrrole nitrogens is 1. The van der Waals surface area contributed by atoms with Crippen molar-refractivity contribution < 1.29 is 19.0 Å². The van der Waals surface area contributed by atoms with Crippen molar-refractivity contribution in [3.63, 3.8) is 0 Å². The minimum atomic E-state index is -0.595. The van der Waals surface area contributed by atoms with Gasteiger partial charge in [0.25, 0.3) is 0 Å². The van der Waals surface area contributed by atoms with Gasteiger partial charge < -0.3 is 30.2 Å². The van der Waals surface area contributed by atoms with Gasteiger partial charge >= 0.3 is 5.97 Å². The fourth-order valence-corrected chi connectivity index (χ4v) is 3.69. The molecule has 1 aliphatic rings. The number of nitrogens with zero attached hydrogens (tertiary/aromatic N) is 1. The SMILES string of the molecule is COc1cccc(C2C(C(=O)OC(C)C)=C(C)Nc3nc(=S)[nH]c(N)c32)c1OC. The largest absolute Gasteiger partial charge is 0.493 e. The summed E-state index contributed by atoms with van der Waals surface area (Å²) < 4.78 is 16.8. The Balaban J connectivity index is 2.33.